The number of hydrogen-bond acceptors (Lipinski definition) is 2. The molecule has 0 aliphatic carbocycles. The van der Waals surface area contributed by atoms with Crippen molar-refractivity contribution in [2.75, 3.05) is 4.90 Å². The second-order valence-electron chi connectivity index (χ2n) is 12.5. The van der Waals surface area contributed by atoms with Crippen molar-refractivity contribution in [3.63, 3.8) is 0 Å². The molecule has 10 rings (SSSR count). The van der Waals surface area contributed by atoms with Gasteiger partial charge in [-0.05, 0) is 85.2 Å². The van der Waals surface area contributed by atoms with E-state index in [0.29, 0.717) is 0 Å². The minimum absolute atomic E-state index is 1.13. The predicted molar refractivity (Wildman–Crippen MR) is 209 cm³/mol. The van der Waals surface area contributed by atoms with Gasteiger partial charge in [-0.3, -0.25) is 0 Å². The minimum atomic E-state index is 1.13. The molecular weight excluding hydrogens is 599 g/mol. The molecule has 1 heterocycles. The van der Waals surface area contributed by atoms with Crippen LogP contribution >= 0.6 is 11.3 Å². The van der Waals surface area contributed by atoms with Gasteiger partial charge in [-0.1, -0.05) is 140 Å². The fraction of sp³-hybridized carbons (Fsp3) is 0. The van der Waals surface area contributed by atoms with Crippen LogP contribution in [0.3, 0.4) is 0 Å². The topological polar surface area (TPSA) is 3.24 Å². The lowest BCUT2D eigenvalue weighted by molar-refractivity contribution is 1.31. The largest absolute Gasteiger partial charge is 0.310 e. The molecule has 10 aromatic rings. The Hall–Kier alpha value is -5.96. The molecule has 2 heteroatoms. The predicted octanol–water partition coefficient (Wildman–Crippen LogP) is 13.8. The van der Waals surface area contributed by atoms with E-state index in [2.05, 4.69) is 181 Å². The van der Waals surface area contributed by atoms with E-state index in [-0.39, 0.29) is 0 Å². The van der Waals surface area contributed by atoms with E-state index in [1.807, 2.05) is 11.3 Å². The first-order chi connectivity index (χ1) is 23.8. The fourth-order valence-corrected chi connectivity index (χ4v) is 8.81. The van der Waals surface area contributed by atoms with Crippen LogP contribution < -0.4 is 4.90 Å². The van der Waals surface area contributed by atoms with E-state index < -0.39 is 0 Å². The number of rotatable bonds is 4. The molecule has 0 N–H and O–H groups in total. The Morgan fingerprint density at radius 2 is 0.958 bits per heavy atom. The van der Waals surface area contributed by atoms with Crippen molar-refractivity contribution in [1.82, 2.24) is 0 Å². The molecule has 0 saturated carbocycles. The van der Waals surface area contributed by atoms with Gasteiger partial charge in [0.25, 0.3) is 0 Å². The Labute approximate surface area is 282 Å². The highest BCUT2D eigenvalue weighted by molar-refractivity contribution is 7.26. The first-order valence-corrected chi connectivity index (χ1v) is 17.2. The molecule has 1 nitrogen and oxygen atoms in total. The highest BCUT2D eigenvalue weighted by Gasteiger charge is 2.20. The highest BCUT2D eigenvalue weighted by atomic mass is 32.1. The SMILES string of the molecule is c1ccc(-c2ccc(N(c3ccc4c(ccc5ccc6ccccc6c54)c3)c3cccc4ccc5c6ccccc6sc5c34)cc2)cc1. The fourth-order valence-electron chi connectivity index (χ4n) is 7.54. The Morgan fingerprint density at radius 3 is 1.83 bits per heavy atom. The number of hydrogen-bond donors (Lipinski definition) is 0. The van der Waals surface area contributed by atoms with Gasteiger partial charge in [0.1, 0.15) is 0 Å². The van der Waals surface area contributed by atoms with E-state index in [9.17, 15) is 0 Å². The summed E-state index contributed by atoms with van der Waals surface area (Å²) in [5.74, 6) is 0. The second kappa shape index (κ2) is 10.8. The van der Waals surface area contributed by atoms with Crippen LogP contribution in [0.5, 0.6) is 0 Å². The van der Waals surface area contributed by atoms with Crippen molar-refractivity contribution < 1.29 is 0 Å². The van der Waals surface area contributed by atoms with Gasteiger partial charge in [-0.15, -0.1) is 11.3 Å². The number of anilines is 3. The van der Waals surface area contributed by atoms with Crippen LogP contribution in [0.2, 0.25) is 0 Å². The summed E-state index contributed by atoms with van der Waals surface area (Å²) in [5, 5.41) is 12.8. The Balaban J connectivity index is 1.24. The van der Waals surface area contributed by atoms with Gasteiger partial charge in [0.15, 0.2) is 0 Å². The number of thiophene rings is 1. The first kappa shape index (κ1) is 27.2. The molecule has 0 radical (unpaired) electrons. The Bertz CT molecular complexity index is 2830. The van der Waals surface area contributed by atoms with Crippen LogP contribution in [0, 0.1) is 0 Å². The van der Waals surface area contributed by atoms with Crippen molar-refractivity contribution in [3.8, 4) is 11.1 Å². The summed E-state index contributed by atoms with van der Waals surface area (Å²) in [7, 11) is 0. The van der Waals surface area contributed by atoms with E-state index >= 15 is 0 Å². The summed E-state index contributed by atoms with van der Waals surface area (Å²) in [5.41, 5.74) is 5.88. The molecule has 0 aliphatic rings. The van der Waals surface area contributed by atoms with Crippen LogP contribution in [0.15, 0.2) is 176 Å². The van der Waals surface area contributed by atoms with Crippen molar-refractivity contribution in [2.45, 2.75) is 0 Å². The van der Waals surface area contributed by atoms with Gasteiger partial charge in [0.2, 0.25) is 0 Å². The van der Waals surface area contributed by atoms with Crippen LogP contribution in [0.4, 0.5) is 17.1 Å². The molecule has 224 valence electrons. The van der Waals surface area contributed by atoms with E-state index in [0.717, 1.165) is 11.4 Å². The number of fused-ring (bicyclic) bond motifs is 10. The Kier molecular flexibility index (Phi) is 6.12. The van der Waals surface area contributed by atoms with Crippen LogP contribution in [0.1, 0.15) is 0 Å². The lowest BCUT2D eigenvalue weighted by Crippen LogP contribution is -2.10. The zero-order valence-corrected chi connectivity index (χ0v) is 26.9. The van der Waals surface area contributed by atoms with Crippen molar-refractivity contribution in [1.29, 1.82) is 0 Å². The zero-order valence-electron chi connectivity index (χ0n) is 26.1. The Morgan fingerprint density at radius 1 is 0.354 bits per heavy atom. The van der Waals surface area contributed by atoms with E-state index in [1.54, 1.807) is 0 Å². The van der Waals surface area contributed by atoms with Gasteiger partial charge < -0.3 is 4.90 Å². The van der Waals surface area contributed by atoms with Crippen molar-refractivity contribution in [2.24, 2.45) is 0 Å². The zero-order chi connectivity index (χ0) is 31.6. The van der Waals surface area contributed by atoms with Gasteiger partial charge in [0, 0.05) is 36.9 Å². The van der Waals surface area contributed by atoms with Crippen LogP contribution in [-0.4, -0.2) is 0 Å². The molecule has 9 aromatic carbocycles. The monoisotopic (exact) mass is 627 g/mol. The maximum Gasteiger partial charge on any atom is 0.0554 e. The maximum absolute atomic E-state index is 2.45. The molecule has 0 spiro atoms. The molecule has 0 unspecified atom stereocenters. The summed E-state index contributed by atoms with van der Waals surface area (Å²) < 4.78 is 2.65. The summed E-state index contributed by atoms with van der Waals surface area (Å²) in [6, 6.07) is 64.5. The average molecular weight is 628 g/mol. The molecule has 0 amide bonds. The van der Waals surface area contributed by atoms with Crippen molar-refractivity contribution in [3.05, 3.63) is 176 Å². The molecule has 0 bridgehead atoms. The molecule has 48 heavy (non-hydrogen) atoms. The molecule has 0 saturated heterocycles. The molecular formula is C46H29NS. The normalized spacial score (nSPS) is 11.8. The summed E-state index contributed by atoms with van der Waals surface area (Å²) in [6.07, 6.45) is 0. The lowest BCUT2D eigenvalue weighted by atomic mass is 9.96. The van der Waals surface area contributed by atoms with Gasteiger partial charge in [-0.25, -0.2) is 0 Å². The molecule has 0 fully saturated rings. The number of nitrogens with zero attached hydrogens (tertiary/aromatic N) is 1. The van der Waals surface area contributed by atoms with Gasteiger partial charge in [0.05, 0.1) is 5.69 Å². The standard InChI is InChI=1S/C46H29NS/c1-2-9-30(10-3-1)31-21-24-36(25-22-31)47(42-15-8-12-33-23-27-41-40-14-6-7-16-43(40)48-46(41)45(33)42)37-26-28-39-35(29-37)20-19-34-18-17-32-11-4-5-13-38(32)44(34)39/h1-29H. The minimum Gasteiger partial charge on any atom is -0.310 e. The smallest absolute Gasteiger partial charge is 0.0554 e. The van der Waals surface area contributed by atoms with E-state index in [4.69, 9.17) is 0 Å². The van der Waals surface area contributed by atoms with E-state index in [1.165, 1.54) is 80.1 Å². The second-order valence-corrected chi connectivity index (χ2v) is 13.6. The third kappa shape index (κ3) is 4.24. The summed E-state index contributed by atoms with van der Waals surface area (Å²) >= 11 is 1.89. The third-order valence-corrected chi connectivity index (χ3v) is 11.0. The molecule has 0 atom stereocenters. The number of benzene rings is 9. The van der Waals surface area contributed by atoms with Crippen LogP contribution in [0.25, 0.3) is 74.4 Å². The molecule has 0 aliphatic heterocycles. The average Bonchev–Trinajstić information content (AvgIpc) is 3.54. The molecule has 1 aromatic heterocycles. The first-order valence-electron chi connectivity index (χ1n) is 16.4. The lowest BCUT2D eigenvalue weighted by Gasteiger charge is -2.28. The van der Waals surface area contributed by atoms with Crippen LogP contribution in [-0.2, 0) is 0 Å². The van der Waals surface area contributed by atoms with Crippen molar-refractivity contribution >= 4 is 91.7 Å². The van der Waals surface area contributed by atoms with Gasteiger partial charge in [-0.2, -0.15) is 0 Å². The summed E-state index contributed by atoms with van der Waals surface area (Å²) in [4.78, 5) is 2.45. The van der Waals surface area contributed by atoms with Gasteiger partial charge >= 0.3 is 0 Å². The maximum atomic E-state index is 2.45. The quantitative estimate of drug-likeness (QED) is 0.176. The summed E-state index contributed by atoms with van der Waals surface area (Å²) in [6.45, 7) is 0. The third-order valence-electron chi connectivity index (χ3n) is 9.81. The highest BCUT2D eigenvalue weighted by Crippen LogP contribution is 2.46.